The van der Waals surface area contributed by atoms with E-state index in [2.05, 4.69) is 4.98 Å². The summed E-state index contributed by atoms with van der Waals surface area (Å²) in [5, 5.41) is 0. The van der Waals surface area contributed by atoms with E-state index >= 15 is 0 Å². The molecule has 1 aliphatic heterocycles. The molecule has 0 spiro atoms. The number of amides is 1. The monoisotopic (exact) mass is 311 g/mol. The lowest BCUT2D eigenvalue weighted by Gasteiger charge is -2.33. The molecule has 0 bridgehead atoms. The summed E-state index contributed by atoms with van der Waals surface area (Å²) in [5.74, 6) is 0.648. The van der Waals surface area contributed by atoms with Gasteiger partial charge in [0.25, 0.3) is 5.91 Å². The van der Waals surface area contributed by atoms with E-state index in [1.165, 1.54) is 0 Å². The van der Waals surface area contributed by atoms with E-state index in [1.54, 1.807) is 11.1 Å². The van der Waals surface area contributed by atoms with Gasteiger partial charge in [-0.25, -0.2) is 0 Å². The van der Waals surface area contributed by atoms with Crippen LogP contribution in [-0.4, -0.2) is 37.6 Å². The van der Waals surface area contributed by atoms with Crippen LogP contribution in [0.5, 0.6) is 5.75 Å². The first-order valence-electron chi connectivity index (χ1n) is 7.68. The Balaban J connectivity index is 1.98. The highest BCUT2D eigenvalue weighted by Gasteiger charge is 2.29. The highest BCUT2D eigenvalue weighted by atomic mass is 16.5. The van der Waals surface area contributed by atoms with E-state index in [1.807, 2.05) is 63.2 Å². The molecule has 0 saturated carbocycles. The summed E-state index contributed by atoms with van der Waals surface area (Å²) in [7, 11) is 3.89. The topological polar surface area (TPSA) is 45.7 Å². The van der Waals surface area contributed by atoms with E-state index in [4.69, 9.17) is 4.74 Å². The average molecular weight is 311 g/mol. The van der Waals surface area contributed by atoms with E-state index < -0.39 is 0 Å². The molecule has 3 rings (SSSR count). The van der Waals surface area contributed by atoms with Gasteiger partial charge in [0.2, 0.25) is 0 Å². The predicted octanol–water partition coefficient (Wildman–Crippen LogP) is 2.88. The van der Waals surface area contributed by atoms with Gasteiger partial charge < -0.3 is 9.64 Å². The molecule has 1 amide bonds. The third-order valence-electron chi connectivity index (χ3n) is 3.90. The first kappa shape index (κ1) is 15.3. The van der Waals surface area contributed by atoms with Crippen LogP contribution in [-0.2, 0) is 0 Å². The number of anilines is 2. The lowest BCUT2D eigenvalue weighted by atomic mass is 10.1. The number of ether oxygens (including phenoxy) is 1. The van der Waals surface area contributed by atoms with Crippen LogP contribution in [0.3, 0.4) is 0 Å². The molecule has 1 aromatic heterocycles. The fourth-order valence-corrected chi connectivity index (χ4v) is 2.69. The fourth-order valence-electron chi connectivity index (χ4n) is 2.69. The van der Waals surface area contributed by atoms with Crippen molar-refractivity contribution in [1.82, 2.24) is 4.98 Å². The van der Waals surface area contributed by atoms with Crippen LogP contribution >= 0.6 is 0 Å². The molecule has 1 atom stereocenters. The van der Waals surface area contributed by atoms with Crippen molar-refractivity contribution in [2.24, 2.45) is 0 Å². The van der Waals surface area contributed by atoms with Gasteiger partial charge in [-0.15, -0.1) is 0 Å². The Morgan fingerprint density at radius 3 is 2.83 bits per heavy atom. The molecule has 0 radical (unpaired) electrons. The van der Waals surface area contributed by atoms with Crippen LogP contribution < -0.4 is 14.5 Å². The molecular formula is C18H21N3O2. The van der Waals surface area contributed by atoms with Crippen molar-refractivity contribution in [3.63, 3.8) is 0 Å². The summed E-state index contributed by atoms with van der Waals surface area (Å²) in [4.78, 5) is 20.9. The standard InChI is InChI=1S/C18H21N3O2/c1-12-5-6-16-17(9-12)23-13(2)11-21(16)18(22)15-10-14(20(3)4)7-8-19-15/h5-10,13H,11H2,1-4H3/t13-/m1/s1. The second-order valence-corrected chi connectivity index (χ2v) is 6.11. The molecule has 120 valence electrons. The number of aromatic nitrogens is 1. The van der Waals surface area contributed by atoms with Gasteiger partial charge in [0.1, 0.15) is 17.5 Å². The van der Waals surface area contributed by atoms with Gasteiger partial charge >= 0.3 is 0 Å². The lowest BCUT2D eigenvalue weighted by molar-refractivity contribution is 0.0956. The number of hydrogen-bond donors (Lipinski definition) is 0. The number of rotatable bonds is 2. The van der Waals surface area contributed by atoms with E-state index in [0.29, 0.717) is 12.2 Å². The Morgan fingerprint density at radius 2 is 2.09 bits per heavy atom. The summed E-state index contributed by atoms with van der Waals surface area (Å²) in [6, 6.07) is 9.59. The highest BCUT2D eigenvalue weighted by Crippen LogP contribution is 2.35. The van der Waals surface area contributed by atoms with Crippen molar-refractivity contribution in [3.05, 3.63) is 47.8 Å². The maximum atomic E-state index is 13.0. The third kappa shape index (κ3) is 2.99. The number of aryl methyl sites for hydroxylation is 1. The average Bonchev–Trinajstić information content (AvgIpc) is 2.53. The minimum atomic E-state index is -0.103. The third-order valence-corrected chi connectivity index (χ3v) is 3.90. The minimum absolute atomic E-state index is 0.0507. The molecule has 0 unspecified atom stereocenters. The Labute approximate surface area is 136 Å². The SMILES string of the molecule is Cc1ccc2c(c1)O[C@H](C)CN2C(=O)c1cc(N(C)C)ccn1. The number of fused-ring (bicyclic) bond motifs is 1. The highest BCUT2D eigenvalue weighted by molar-refractivity contribution is 6.06. The van der Waals surface area contributed by atoms with Crippen LogP contribution in [0.25, 0.3) is 0 Å². The van der Waals surface area contributed by atoms with Gasteiger partial charge in [0.15, 0.2) is 0 Å². The Kier molecular flexibility index (Phi) is 3.94. The van der Waals surface area contributed by atoms with Gasteiger partial charge in [-0.3, -0.25) is 14.7 Å². The maximum absolute atomic E-state index is 13.0. The number of pyridine rings is 1. The van der Waals surface area contributed by atoms with Crippen LogP contribution in [0.15, 0.2) is 36.5 Å². The first-order chi connectivity index (χ1) is 11.0. The number of nitrogens with zero attached hydrogens (tertiary/aromatic N) is 3. The molecule has 2 heterocycles. The predicted molar refractivity (Wildman–Crippen MR) is 91.5 cm³/mol. The number of carbonyl (C=O) groups is 1. The normalized spacial score (nSPS) is 16.5. The smallest absolute Gasteiger partial charge is 0.277 e. The summed E-state index contributed by atoms with van der Waals surface area (Å²) in [6.45, 7) is 4.50. The van der Waals surface area contributed by atoms with Crippen molar-refractivity contribution in [1.29, 1.82) is 0 Å². The molecule has 1 aromatic carbocycles. The Hall–Kier alpha value is -2.56. The van der Waals surface area contributed by atoms with Crippen molar-refractivity contribution >= 4 is 17.3 Å². The maximum Gasteiger partial charge on any atom is 0.277 e. The molecule has 5 heteroatoms. The fraction of sp³-hybridized carbons (Fsp3) is 0.333. The lowest BCUT2D eigenvalue weighted by Crippen LogP contribution is -2.42. The van der Waals surface area contributed by atoms with Crippen molar-refractivity contribution in [2.75, 3.05) is 30.4 Å². The molecule has 2 aromatic rings. The number of benzene rings is 1. The molecule has 1 aliphatic rings. The van der Waals surface area contributed by atoms with Crippen molar-refractivity contribution < 1.29 is 9.53 Å². The molecule has 23 heavy (non-hydrogen) atoms. The quantitative estimate of drug-likeness (QED) is 0.855. The van der Waals surface area contributed by atoms with Gasteiger partial charge in [0, 0.05) is 26.0 Å². The summed E-state index contributed by atoms with van der Waals surface area (Å²) >= 11 is 0. The molecule has 5 nitrogen and oxygen atoms in total. The van der Waals surface area contributed by atoms with Crippen molar-refractivity contribution in [2.45, 2.75) is 20.0 Å². The molecule has 0 saturated heterocycles. The molecule has 0 N–H and O–H groups in total. The minimum Gasteiger partial charge on any atom is -0.487 e. The summed E-state index contributed by atoms with van der Waals surface area (Å²) < 4.78 is 5.87. The van der Waals surface area contributed by atoms with Crippen molar-refractivity contribution in [3.8, 4) is 5.75 Å². The second-order valence-electron chi connectivity index (χ2n) is 6.11. The Bertz CT molecular complexity index is 743. The van der Waals surface area contributed by atoms with Gasteiger partial charge in [-0.1, -0.05) is 6.07 Å². The summed E-state index contributed by atoms with van der Waals surface area (Å²) in [5.41, 5.74) is 3.30. The Morgan fingerprint density at radius 1 is 1.30 bits per heavy atom. The van der Waals surface area contributed by atoms with Gasteiger partial charge in [-0.2, -0.15) is 0 Å². The van der Waals surface area contributed by atoms with E-state index in [0.717, 1.165) is 22.7 Å². The van der Waals surface area contributed by atoms with E-state index in [9.17, 15) is 4.79 Å². The largest absolute Gasteiger partial charge is 0.487 e. The van der Waals surface area contributed by atoms with Gasteiger partial charge in [-0.05, 0) is 43.7 Å². The zero-order chi connectivity index (χ0) is 16.6. The molecular weight excluding hydrogens is 290 g/mol. The number of carbonyl (C=O) groups excluding carboxylic acids is 1. The van der Waals surface area contributed by atoms with Crippen LogP contribution in [0.4, 0.5) is 11.4 Å². The first-order valence-corrected chi connectivity index (χ1v) is 7.68. The zero-order valence-electron chi connectivity index (χ0n) is 13.9. The van der Waals surface area contributed by atoms with Gasteiger partial charge in [0.05, 0.1) is 12.2 Å². The van der Waals surface area contributed by atoms with Crippen LogP contribution in [0, 0.1) is 6.92 Å². The van der Waals surface area contributed by atoms with Crippen LogP contribution in [0.1, 0.15) is 23.0 Å². The van der Waals surface area contributed by atoms with E-state index in [-0.39, 0.29) is 12.0 Å². The second kappa shape index (κ2) is 5.91. The molecule has 0 fully saturated rings. The molecule has 0 aliphatic carbocycles. The van der Waals surface area contributed by atoms with Crippen LogP contribution in [0.2, 0.25) is 0 Å². The number of hydrogen-bond acceptors (Lipinski definition) is 4. The summed E-state index contributed by atoms with van der Waals surface area (Å²) in [6.07, 6.45) is 1.62. The zero-order valence-corrected chi connectivity index (χ0v) is 13.9.